The van der Waals surface area contributed by atoms with E-state index in [1.807, 2.05) is 18.2 Å². The Balaban J connectivity index is 1.56. The summed E-state index contributed by atoms with van der Waals surface area (Å²) in [6.07, 6.45) is 6.05. The van der Waals surface area contributed by atoms with Gasteiger partial charge in [-0.15, -0.1) is 0 Å². The Morgan fingerprint density at radius 1 is 0.806 bits per heavy atom. The maximum Gasteiger partial charge on any atom is 0.220 e. The molecule has 1 amide bonds. The van der Waals surface area contributed by atoms with Crippen LogP contribution in [0.2, 0.25) is 0 Å². The molecule has 186 valence electrons. The van der Waals surface area contributed by atoms with E-state index in [0.717, 1.165) is 58.5 Å². The molecule has 0 saturated heterocycles. The van der Waals surface area contributed by atoms with Gasteiger partial charge in [-0.05, 0) is 25.0 Å². The molecule has 1 heterocycles. The summed E-state index contributed by atoms with van der Waals surface area (Å²) in [6.45, 7) is 2.98. The predicted molar refractivity (Wildman–Crippen MR) is 152 cm³/mol. The standard InChI is InChI=1S/C31H35N3OS/c1-2-3-4-14-23-32-28(35)22-15-24-36-31-33-29(25-16-8-5-9-17-25)30(26-18-10-6-11-19-26)34(31)27-20-12-7-13-21-27/h5-13,16-21H,2-4,14-15,22-24H2,1H3,(H,32,35). The third kappa shape index (κ3) is 6.88. The molecule has 3 aromatic carbocycles. The van der Waals surface area contributed by atoms with Crippen LogP contribution in [0.3, 0.4) is 0 Å². The van der Waals surface area contributed by atoms with Crippen molar-refractivity contribution in [3.05, 3.63) is 91.0 Å². The average Bonchev–Trinajstić information content (AvgIpc) is 3.32. The zero-order valence-corrected chi connectivity index (χ0v) is 21.8. The minimum absolute atomic E-state index is 0.147. The average molecular weight is 498 g/mol. The Morgan fingerprint density at radius 2 is 1.44 bits per heavy atom. The number of aromatic nitrogens is 2. The van der Waals surface area contributed by atoms with Gasteiger partial charge in [0.05, 0.1) is 11.4 Å². The Kier molecular flexibility index (Phi) is 9.80. The van der Waals surface area contributed by atoms with Crippen LogP contribution in [0.4, 0.5) is 0 Å². The molecule has 0 aliphatic heterocycles. The SMILES string of the molecule is CCCCCCNC(=O)CCCSc1nc(-c2ccccc2)c(-c2ccccc2)n1-c1ccccc1. The van der Waals surface area contributed by atoms with Crippen LogP contribution in [0.25, 0.3) is 28.2 Å². The van der Waals surface area contributed by atoms with Gasteiger partial charge in [-0.1, -0.05) is 117 Å². The molecule has 0 saturated carbocycles. The molecule has 4 rings (SSSR count). The second-order valence-corrected chi connectivity index (χ2v) is 9.92. The zero-order valence-electron chi connectivity index (χ0n) is 21.0. The van der Waals surface area contributed by atoms with E-state index in [4.69, 9.17) is 4.98 Å². The first-order chi connectivity index (χ1) is 17.8. The van der Waals surface area contributed by atoms with Crippen LogP contribution in [-0.4, -0.2) is 27.8 Å². The molecule has 0 aliphatic rings. The predicted octanol–water partition coefficient (Wildman–Crippen LogP) is 7.78. The van der Waals surface area contributed by atoms with E-state index in [0.29, 0.717) is 6.42 Å². The fraction of sp³-hybridized carbons (Fsp3) is 0.290. The van der Waals surface area contributed by atoms with Crippen LogP contribution >= 0.6 is 11.8 Å². The number of amides is 1. The highest BCUT2D eigenvalue weighted by molar-refractivity contribution is 7.99. The number of carbonyl (C=O) groups excluding carboxylic acids is 1. The van der Waals surface area contributed by atoms with E-state index in [9.17, 15) is 4.79 Å². The van der Waals surface area contributed by atoms with Gasteiger partial charge in [0.25, 0.3) is 0 Å². The van der Waals surface area contributed by atoms with Crippen molar-refractivity contribution in [1.82, 2.24) is 14.9 Å². The first-order valence-electron chi connectivity index (χ1n) is 13.0. The van der Waals surface area contributed by atoms with Crippen molar-refractivity contribution in [3.63, 3.8) is 0 Å². The number of rotatable bonds is 13. The smallest absolute Gasteiger partial charge is 0.220 e. The summed E-state index contributed by atoms with van der Waals surface area (Å²) >= 11 is 1.71. The lowest BCUT2D eigenvalue weighted by Crippen LogP contribution is -2.24. The lowest BCUT2D eigenvalue weighted by atomic mass is 10.0. The second-order valence-electron chi connectivity index (χ2n) is 8.86. The number of benzene rings is 3. The lowest BCUT2D eigenvalue weighted by molar-refractivity contribution is -0.121. The maximum absolute atomic E-state index is 12.3. The number of nitrogens with zero attached hydrogens (tertiary/aromatic N) is 2. The minimum atomic E-state index is 0.147. The summed E-state index contributed by atoms with van der Waals surface area (Å²) in [4.78, 5) is 17.4. The lowest BCUT2D eigenvalue weighted by Gasteiger charge is -2.13. The maximum atomic E-state index is 12.3. The largest absolute Gasteiger partial charge is 0.356 e. The van der Waals surface area contributed by atoms with Crippen molar-refractivity contribution < 1.29 is 4.79 Å². The highest BCUT2D eigenvalue weighted by Crippen LogP contribution is 2.38. The van der Waals surface area contributed by atoms with Crippen molar-refractivity contribution >= 4 is 17.7 Å². The number of imidazole rings is 1. The highest BCUT2D eigenvalue weighted by Gasteiger charge is 2.21. The Bertz CT molecular complexity index is 1210. The second kappa shape index (κ2) is 13.7. The molecule has 36 heavy (non-hydrogen) atoms. The zero-order chi connectivity index (χ0) is 25.0. The molecule has 1 aromatic heterocycles. The fourth-order valence-electron chi connectivity index (χ4n) is 4.24. The van der Waals surface area contributed by atoms with Gasteiger partial charge in [0.15, 0.2) is 5.16 Å². The van der Waals surface area contributed by atoms with E-state index in [2.05, 4.69) is 89.6 Å². The number of hydrogen-bond acceptors (Lipinski definition) is 3. The van der Waals surface area contributed by atoms with Gasteiger partial charge >= 0.3 is 0 Å². The van der Waals surface area contributed by atoms with Crippen molar-refractivity contribution in [2.75, 3.05) is 12.3 Å². The van der Waals surface area contributed by atoms with Crippen LogP contribution in [0, 0.1) is 0 Å². The summed E-state index contributed by atoms with van der Waals surface area (Å²) in [5, 5.41) is 4.01. The Labute approximate surface area is 219 Å². The molecule has 5 heteroatoms. The van der Waals surface area contributed by atoms with Gasteiger partial charge in [-0.3, -0.25) is 9.36 Å². The monoisotopic (exact) mass is 497 g/mol. The van der Waals surface area contributed by atoms with E-state index >= 15 is 0 Å². The molecule has 0 radical (unpaired) electrons. The molecule has 0 aliphatic carbocycles. The number of carbonyl (C=O) groups is 1. The van der Waals surface area contributed by atoms with E-state index < -0.39 is 0 Å². The van der Waals surface area contributed by atoms with E-state index in [-0.39, 0.29) is 5.91 Å². The fourth-order valence-corrected chi connectivity index (χ4v) is 5.19. The van der Waals surface area contributed by atoms with Gasteiger partial charge in [-0.2, -0.15) is 0 Å². The van der Waals surface area contributed by atoms with Crippen molar-refractivity contribution in [2.24, 2.45) is 0 Å². The molecular formula is C31H35N3OS. The van der Waals surface area contributed by atoms with Gasteiger partial charge in [0, 0.05) is 35.5 Å². The molecule has 0 spiro atoms. The van der Waals surface area contributed by atoms with Gasteiger partial charge in [0.2, 0.25) is 5.91 Å². The van der Waals surface area contributed by atoms with E-state index in [1.54, 1.807) is 11.8 Å². The number of nitrogens with one attached hydrogen (secondary N) is 1. The summed E-state index contributed by atoms with van der Waals surface area (Å²) in [6, 6.07) is 31.2. The molecule has 4 aromatic rings. The molecular weight excluding hydrogens is 462 g/mol. The normalized spacial score (nSPS) is 10.9. The van der Waals surface area contributed by atoms with Crippen LogP contribution in [0.1, 0.15) is 45.4 Å². The summed E-state index contributed by atoms with van der Waals surface area (Å²) in [5.74, 6) is 0.976. The molecule has 1 N–H and O–H groups in total. The number of unbranched alkanes of at least 4 members (excludes halogenated alkanes) is 3. The van der Waals surface area contributed by atoms with Gasteiger partial charge in [-0.25, -0.2) is 4.98 Å². The highest BCUT2D eigenvalue weighted by atomic mass is 32.2. The third-order valence-corrected chi connectivity index (χ3v) is 7.11. The summed E-state index contributed by atoms with van der Waals surface area (Å²) < 4.78 is 2.26. The Hall–Kier alpha value is -3.31. The van der Waals surface area contributed by atoms with Crippen molar-refractivity contribution in [2.45, 2.75) is 50.6 Å². The first kappa shape index (κ1) is 25.8. The van der Waals surface area contributed by atoms with Gasteiger partial charge < -0.3 is 5.32 Å². The third-order valence-electron chi connectivity index (χ3n) is 6.09. The first-order valence-corrected chi connectivity index (χ1v) is 13.9. The minimum Gasteiger partial charge on any atom is -0.356 e. The number of thioether (sulfide) groups is 1. The molecule has 0 fully saturated rings. The van der Waals surface area contributed by atoms with Crippen LogP contribution in [0.15, 0.2) is 96.2 Å². The summed E-state index contributed by atoms with van der Waals surface area (Å²) in [7, 11) is 0. The van der Waals surface area contributed by atoms with Crippen LogP contribution < -0.4 is 5.32 Å². The van der Waals surface area contributed by atoms with Crippen molar-refractivity contribution in [3.8, 4) is 28.2 Å². The molecule has 0 bridgehead atoms. The van der Waals surface area contributed by atoms with Gasteiger partial charge in [0.1, 0.15) is 0 Å². The Morgan fingerprint density at radius 3 is 2.11 bits per heavy atom. The number of hydrogen-bond donors (Lipinski definition) is 1. The molecule has 4 nitrogen and oxygen atoms in total. The quantitative estimate of drug-likeness (QED) is 0.152. The van der Waals surface area contributed by atoms with Crippen molar-refractivity contribution in [1.29, 1.82) is 0 Å². The molecule has 0 unspecified atom stereocenters. The van der Waals surface area contributed by atoms with Crippen LogP contribution in [-0.2, 0) is 4.79 Å². The molecule has 0 atom stereocenters. The summed E-state index contributed by atoms with van der Waals surface area (Å²) in [5.41, 5.74) is 5.36. The topological polar surface area (TPSA) is 46.9 Å². The number of para-hydroxylation sites is 1. The van der Waals surface area contributed by atoms with E-state index in [1.165, 1.54) is 19.3 Å². The van der Waals surface area contributed by atoms with Crippen LogP contribution in [0.5, 0.6) is 0 Å².